The number of hydrogen-bond donors (Lipinski definition) is 1. The maximum atomic E-state index is 12.0. The zero-order chi connectivity index (χ0) is 16.4. The van der Waals surface area contributed by atoms with E-state index in [0.29, 0.717) is 22.9 Å². The number of methoxy groups -OCH3 is 1. The number of hydrogen-bond acceptors (Lipinski definition) is 5. The van der Waals surface area contributed by atoms with E-state index in [4.69, 9.17) is 31.5 Å². The molecule has 2 N–H and O–H groups in total. The molecule has 1 aliphatic heterocycles. The number of para-hydroxylation sites is 2. The Bertz CT molecular complexity index is 805. The second-order valence-corrected chi connectivity index (χ2v) is 4.97. The smallest absolute Gasteiger partial charge is 0.341 e. The molecule has 0 saturated heterocycles. The van der Waals surface area contributed by atoms with Gasteiger partial charge < -0.3 is 19.9 Å². The minimum absolute atomic E-state index is 0.0742. The number of carbonyl (C=O) groups is 1. The van der Waals surface area contributed by atoms with Crippen molar-refractivity contribution in [2.24, 2.45) is 10.7 Å². The second kappa shape index (κ2) is 6.18. The highest BCUT2D eigenvalue weighted by molar-refractivity contribution is 6.28. The molecule has 0 radical (unpaired) electrons. The van der Waals surface area contributed by atoms with Crippen LogP contribution in [0.5, 0.6) is 23.0 Å². The number of aliphatic imine (C=N–C) groups is 1. The van der Waals surface area contributed by atoms with E-state index in [-0.39, 0.29) is 23.0 Å². The number of carbonyl (C=O) groups excluding carboxylic acids is 1. The van der Waals surface area contributed by atoms with E-state index in [1.165, 1.54) is 13.2 Å². The van der Waals surface area contributed by atoms with Crippen molar-refractivity contribution < 1.29 is 19.0 Å². The number of ether oxygens (including phenoxy) is 3. The van der Waals surface area contributed by atoms with Crippen molar-refractivity contribution in [3.05, 3.63) is 42.0 Å². The average molecular weight is 333 g/mol. The van der Waals surface area contributed by atoms with Crippen LogP contribution < -0.4 is 15.2 Å². The topological polar surface area (TPSA) is 83.1 Å². The number of nitrogens with two attached hydrogens (primary N) is 1. The molecule has 0 atom stereocenters. The van der Waals surface area contributed by atoms with Crippen LogP contribution in [0.25, 0.3) is 0 Å². The summed E-state index contributed by atoms with van der Waals surface area (Å²) in [6.07, 6.45) is 0. The molecule has 1 aliphatic rings. The average Bonchev–Trinajstić information content (AvgIpc) is 2.58. The first kappa shape index (κ1) is 15.2. The SMILES string of the molecule is COC(=O)c1cc(N=C(N)CCl)cc2c1Oc1ccccc1O2. The summed E-state index contributed by atoms with van der Waals surface area (Å²) in [5.74, 6) is 1.42. The summed E-state index contributed by atoms with van der Waals surface area (Å²) in [6, 6.07) is 10.3. The summed E-state index contributed by atoms with van der Waals surface area (Å²) < 4.78 is 16.4. The fraction of sp³-hybridized carbons (Fsp3) is 0.125. The van der Waals surface area contributed by atoms with Crippen molar-refractivity contribution in [1.82, 2.24) is 0 Å². The summed E-state index contributed by atoms with van der Waals surface area (Å²) in [4.78, 5) is 16.2. The normalized spacial score (nSPS) is 12.5. The van der Waals surface area contributed by atoms with Gasteiger partial charge in [0.1, 0.15) is 11.4 Å². The highest BCUT2D eigenvalue weighted by Crippen LogP contribution is 2.48. The Kier molecular flexibility index (Phi) is 4.08. The highest BCUT2D eigenvalue weighted by Gasteiger charge is 2.26. The van der Waals surface area contributed by atoms with Crippen LogP contribution in [0.1, 0.15) is 10.4 Å². The lowest BCUT2D eigenvalue weighted by Crippen LogP contribution is -2.12. The van der Waals surface area contributed by atoms with Gasteiger partial charge in [-0.1, -0.05) is 12.1 Å². The molecule has 0 aromatic heterocycles. The molecular formula is C16H13ClN2O4. The van der Waals surface area contributed by atoms with Gasteiger partial charge in [-0.2, -0.15) is 0 Å². The molecule has 0 fully saturated rings. The fourth-order valence-electron chi connectivity index (χ4n) is 2.14. The molecule has 3 rings (SSSR count). The number of nitrogens with zero attached hydrogens (tertiary/aromatic N) is 1. The van der Waals surface area contributed by atoms with Crippen LogP contribution in [0.2, 0.25) is 0 Å². The van der Waals surface area contributed by atoms with E-state index in [2.05, 4.69) is 4.99 Å². The number of benzene rings is 2. The fourth-order valence-corrected chi connectivity index (χ4v) is 2.20. The van der Waals surface area contributed by atoms with Gasteiger partial charge in [-0.05, 0) is 18.2 Å². The van der Waals surface area contributed by atoms with Gasteiger partial charge in [-0.25, -0.2) is 9.79 Å². The van der Waals surface area contributed by atoms with Crippen molar-refractivity contribution in [1.29, 1.82) is 0 Å². The monoisotopic (exact) mass is 332 g/mol. The Morgan fingerprint density at radius 2 is 1.91 bits per heavy atom. The number of amidine groups is 1. The molecule has 0 spiro atoms. The van der Waals surface area contributed by atoms with Gasteiger partial charge in [0.25, 0.3) is 0 Å². The van der Waals surface area contributed by atoms with Gasteiger partial charge in [0.05, 0.1) is 18.7 Å². The van der Waals surface area contributed by atoms with Crippen LogP contribution in [-0.4, -0.2) is 24.8 Å². The van der Waals surface area contributed by atoms with Crippen molar-refractivity contribution in [2.75, 3.05) is 13.0 Å². The molecule has 6 nitrogen and oxygen atoms in total. The summed E-state index contributed by atoms with van der Waals surface area (Å²) in [7, 11) is 1.29. The standard InChI is InChI=1S/C16H13ClN2O4/c1-21-16(20)10-6-9(19-14(18)8-17)7-13-15(10)23-12-5-3-2-4-11(12)22-13/h2-7H,8H2,1H3,(H2,18,19). The Labute approximate surface area is 137 Å². The molecule has 1 heterocycles. The number of esters is 1. The van der Waals surface area contributed by atoms with Crippen LogP contribution in [0, 0.1) is 0 Å². The van der Waals surface area contributed by atoms with Crippen molar-refractivity contribution in [3.63, 3.8) is 0 Å². The van der Waals surface area contributed by atoms with Crippen LogP contribution in [0.3, 0.4) is 0 Å². The lowest BCUT2D eigenvalue weighted by molar-refractivity contribution is 0.0597. The van der Waals surface area contributed by atoms with Gasteiger partial charge in [0.15, 0.2) is 23.0 Å². The predicted molar refractivity (Wildman–Crippen MR) is 86.4 cm³/mol. The third-order valence-corrected chi connectivity index (χ3v) is 3.41. The molecule has 7 heteroatoms. The third-order valence-electron chi connectivity index (χ3n) is 3.14. The largest absolute Gasteiger partial charge is 0.465 e. The molecule has 2 aromatic rings. The van der Waals surface area contributed by atoms with Gasteiger partial charge in [-0.3, -0.25) is 0 Å². The minimum atomic E-state index is -0.564. The Morgan fingerprint density at radius 1 is 1.22 bits per heavy atom. The summed E-state index contributed by atoms with van der Waals surface area (Å²) in [5, 5.41) is 0. The molecular weight excluding hydrogens is 320 g/mol. The first-order valence-corrected chi connectivity index (χ1v) is 7.26. The van der Waals surface area contributed by atoms with E-state index in [1.807, 2.05) is 12.1 Å². The molecule has 0 aliphatic carbocycles. The second-order valence-electron chi connectivity index (χ2n) is 4.70. The number of fused-ring (bicyclic) bond motifs is 2. The van der Waals surface area contributed by atoms with Crippen LogP contribution in [0.4, 0.5) is 5.69 Å². The van der Waals surface area contributed by atoms with Gasteiger partial charge >= 0.3 is 5.97 Å². The van der Waals surface area contributed by atoms with E-state index in [1.54, 1.807) is 18.2 Å². The van der Waals surface area contributed by atoms with Crippen molar-refractivity contribution in [3.8, 4) is 23.0 Å². The third kappa shape index (κ3) is 2.93. The van der Waals surface area contributed by atoms with E-state index >= 15 is 0 Å². The predicted octanol–water partition coefficient (Wildman–Crippen LogP) is 3.60. The molecule has 0 bridgehead atoms. The van der Waals surface area contributed by atoms with E-state index in [0.717, 1.165) is 0 Å². The zero-order valence-corrected chi connectivity index (χ0v) is 13.0. The van der Waals surface area contributed by atoms with Gasteiger partial charge in [0, 0.05) is 6.07 Å². The van der Waals surface area contributed by atoms with Gasteiger partial charge in [0.2, 0.25) is 0 Å². The quantitative estimate of drug-likeness (QED) is 0.343. The van der Waals surface area contributed by atoms with Crippen LogP contribution in [-0.2, 0) is 4.74 Å². The highest BCUT2D eigenvalue weighted by atomic mass is 35.5. The zero-order valence-electron chi connectivity index (χ0n) is 12.2. The molecule has 0 unspecified atom stereocenters. The number of halogens is 1. The van der Waals surface area contributed by atoms with Crippen LogP contribution in [0.15, 0.2) is 41.4 Å². The first-order valence-electron chi connectivity index (χ1n) is 6.72. The molecule has 2 aromatic carbocycles. The molecule has 0 amide bonds. The summed E-state index contributed by atoms with van der Waals surface area (Å²) >= 11 is 5.64. The van der Waals surface area contributed by atoms with Crippen LogP contribution >= 0.6 is 11.6 Å². The molecule has 118 valence electrons. The Morgan fingerprint density at radius 3 is 2.57 bits per heavy atom. The number of alkyl halides is 1. The van der Waals surface area contributed by atoms with E-state index in [9.17, 15) is 4.79 Å². The maximum absolute atomic E-state index is 12.0. The van der Waals surface area contributed by atoms with E-state index < -0.39 is 5.97 Å². The molecule has 0 saturated carbocycles. The Hall–Kier alpha value is -2.73. The lowest BCUT2D eigenvalue weighted by Gasteiger charge is -2.22. The summed E-state index contributed by atoms with van der Waals surface area (Å²) in [6.45, 7) is 0. The van der Waals surface area contributed by atoms with Crippen molar-refractivity contribution >= 4 is 29.1 Å². The minimum Gasteiger partial charge on any atom is -0.465 e. The first-order chi connectivity index (χ1) is 11.1. The lowest BCUT2D eigenvalue weighted by atomic mass is 10.1. The molecule has 23 heavy (non-hydrogen) atoms. The van der Waals surface area contributed by atoms with Gasteiger partial charge in [-0.15, -0.1) is 11.6 Å². The maximum Gasteiger partial charge on any atom is 0.341 e. The Balaban J connectivity index is 2.13. The summed E-state index contributed by atoms with van der Waals surface area (Å²) in [5.41, 5.74) is 6.26. The van der Waals surface area contributed by atoms with Crippen molar-refractivity contribution in [2.45, 2.75) is 0 Å². The number of rotatable bonds is 3.